The van der Waals surface area contributed by atoms with E-state index >= 15 is 0 Å². The first-order chi connectivity index (χ1) is 11.9. The van der Waals surface area contributed by atoms with Crippen molar-refractivity contribution in [3.05, 3.63) is 0 Å². The molecule has 0 aliphatic carbocycles. The van der Waals surface area contributed by atoms with E-state index in [0.29, 0.717) is 0 Å². The second-order valence-corrected chi connectivity index (χ2v) is 8.63. The van der Waals surface area contributed by atoms with E-state index in [0.717, 1.165) is 0 Å². The van der Waals surface area contributed by atoms with Gasteiger partial charge < -0.3 is 0 Å². The monoisotopic (exact) mass is 398 g/mol. The maximum absolute atomic E-state index is 8.74. The molecule has 0 aromatic heterocycles. The van der Waals surface area contributed by atoms with Gasteiger partial charge in [-0.3, -0.25) is 9.11 Å². The molecule has 4 nitrogen and oxygen atoms in total. The maximum Gasteiger partial charge on any atom is 0.394 e. The van der Waals surface area contributed by atoms with E-state index in [-0.39, 0.29) is 0 Å². The summed E-state index contributed by atoms with van der Waals surface area (Å²) in [7, 11) is -4.67. The van der Waals surface area contributed by atoms with Gasteiger partial charge >= 0.3 is 10.4 Å². The fraction of sp³-hybridized carbons (Fsp3) is 1.00. The molecule has 0 aromatic carbocycles. The average Bonchev–Trinajstić information content (AvgIpc) is 2.53. The Bertz CT molecular complexity index is 306. The number of hydrogen-bond donors (Lipinski definition) is 2. The van der Waals surface area contributed by atoms with Crippen molar-refractivity contribution >= 4 is 22.2 Å². The summed E-state index contributed by atoms with van der Waals surface area (Å²) in [5, 5.41) is 0. The molecule has 25 heavy (non-hydrogen) atoms. The quantitative estimate of drug-likeness (QED) is 0.205. The zero-order chi connectivity index (χ0) is 19.2. The van der Waals surface area contributed by atoms with Crippen LogP contribution in [0.4, 0.5) is 0 Å². The number of unbranched alkanes of at least 4 members (excludes halogenated alkanes) is 15. The van der Waals surface area contributed by atoms with Crippen LogP contribution in [0.25, 0.3) is 0 Å². The van der Waals surface area contributed by atoms with Gasteiger partial charge in [-0.25, -0.2) is 0 Å². The first-order valence-corrected chi connectivity index (χ1v) is 12.9. The van der Waals surface area contributed by atoms with Crippen molar-refractivity contribution in [2.45, 2.75) is 110 Å². The summed E-state index contributed by atoms with van der Waals surface area (Å²) >= 11 is 1.99. The molecule has 6 heteroatoms. The molecule has 0 heterocycles. The molecule has 0 unspecified atom stereocenters. The van der Waals surface area contributed by atoms with Crippen molar-refractivity contribution in [2.24, 2.45) is 0 Å². The van der Waals surface area contributed by atoms with Gasteiger partial charge in [0.2, 0.25) is 0 Å². The fourth-order valence-electron chi connectivity index (χ4n) is 2.79. The van der Waals surface area contributed by atoms with Crippen LogP contribution in [-0.2, 0) is 10.4 Å². The highest BCUT2D eigenvalue weighted by Crippen LogP contribution is 2.14. The molecular weight excluding hydrogens is 356 g/mol. The number of rotatable bonds is 17. The van der Waals surface area contributed by atoms with Gasteiger partial charge in [-0.1, -0.05) is 103 Å². The lowest BCUT2D eigenvalue weighted by atomic mass is 10.0. The Morgan fingerprint density at radius 1 is 0.600 bits per heavy atom. The lowest BCUT2D eigenvalue weighted by Gasteiger charge is -2.03. The molecule has 0 saturated carbocycles. The molecule has 0 aromatic rings. The van der Waals surface area contributed by atoms with Crippen LogP contribution >= 0.6 is 11.8 Å². The molecule has 0 rings (SSSR count). The van der Waals surface area contributed by atoms with Gasteiger partial charge in [-0.2, -0.15) is 20.2 Å². The summed E-state index contributed by atoms with van der Waals surface area (Å²) in [6.07, 6.45) is 25.7. The number of hydrogen-bond acceptors (Lipinski definition) is 3. The predicted molar refractivity (Wildman–Crippen MR) is 112 cm³/mol. The standard InChI is InChI=1S/C19H40S.H2O4S/c1-3-4-5-6-7-8-9-10-11-12-13-14-15-16-17-18-19-20-2;1-5(2,3)4/h3-19H2,1-2H3;(H2,1,2,3,4). The maximum atomic E-state index is 8.74. The van der Waals surface area contributed by atoms with E-state index in [4.69, 9.17) is 17.5 Å². The molecule has 0 fully saturated rings. The minimum Gasteiger partial charge on any atom is -0.264 e. The van der Waals surface area contributed by atoms with E-state index < -0.39 is 10.4 Å². The first kappa shape index (κ1) is 27.4. The largest absolute Gasteiger partial charge is 0.394 e. The van der Waals surface area contributed by atoms with Crippen molar-refractivity contribution in [1.82, 2.24) is 0 Å². The van der Waals surface area contributed by atoms with E-state index in [1.165, 1.54) is 108 Å². The van der Waals surface area contributed by atoms with Crippen LogP contribution in [0.3, 0.4) is 0 Å². The van der Waals surface area contributed by atoms with Crippen LogP contribution in [0, 0.1) is 0 Å². The van der Waals surface area contributed by atoms with E-state index in [1.54, 1.807) is 0 Å². The summed E-state index contributed by atoms with van der Waals surface area (Å²) in [6.45, 7) is 2.30. The Morgan fingerprint density at radius 2 is 0.840 bits per heavy atom. The molecule has 154 valence electrons. The van der Waals surface area contributed by atoms with E-state index in [1.807, 2.05) is 11.8 Å². The Balaban J connectivity index is 0. The van der Waals surface area contributed by atoms with Gasteiger partial charge in [0.1, 0.15) is 0 Å². The van der Waals surface area contributed by atoms with Crippen molar-refractivity contribution in [3.8, 4) is 0 Å². The highest BCUT2D eigenvalue weighted by molar-refractivity contribution is 7.98. The van der Waals surface area contributed by atoms with Gasteiger partial charge in [0.05, 0.1) is 0 Å². The van der Waals surface area contributed by atoms with Crippen LogP contribution in [0.15, 0.2) is 0 Å². The van der Waals surface area contributed by atoms with Crippen LogP contribution in [0.2, 0.25) is 0 Å². The first-order valence-electron chi connectivity index (χ1n) is 10.1. The topological polar surface area (TPSA) is 74.6 Å². The molecule has 2 N–H and O–H groups in total. The van der Waals surface area contributed by atoms with Crippen LogP contribution in [0.5, 0.6) is 0 Å². The fourth-order valence-corrected chi connectivity index (χ4v) is 3.29. The van der Waals surface area contributed by atoms with E-state index in [2.05, 4.69) is 13.2 Å². The zero-order valence-corrected chi connectivity index (χ0v) is 18.2. The van der Waals surface area contributed by atoms with Gasteiger partial charge in [-0.15, -0.1) is 0 Å². The molecule has 0 bridgehead atoms. The number of thioether (sulfide) groups is 1. The molecule has 0 amide bonds. The molecule has 0 spiro atoms. The lowest BCUT2D eigenvalue weighted by Crippen LogP contribution is -1.89. The highest BCUT2D eigenvalue weighted by atomic mass is 32.3. The summed E-state index contributed by atoms with van der Waals surface area (Å²) in [6, 6.07) is 0. The highest BCUT2D eigenvalue weighted by Gasteiger charge is 1.94. The summed E-state index contributed by atoms with van der Waals surface area (Å²) < 4.78 is 31.6. The predicted octanol–water partition coefficient (Wildman–Crippen LogP) is 6.96. The summed E-state index contributed by atoms with van der Waals surface area (Å²) in [4.78, 5) is 0. The van der Waals surface area contributed by atoms with Crippen LogP contribution in [0.1, 0.15) is 110 Å². The molecule has 0 atom stereocenters. The van der Waals surface area contributed by atoms with Crippen molar-refractivity contribution in [3.63, 3.8) is 0 Å². The van der Waals surface area contributed by atoms with Crippen LogP contribution < -0.4 is 0 Å². The van der Waals surface area contributed by atoms with Crippen molar-refractivity contribution in [2.75, 3.05) is 12.0 Å². The second-order valence-electron chi connectivity index (χ2n) is 6.74. The van der Waals surface area contributed by atoms with Crippen molar-refractivity contribution in [1.29, 1.82) is 0 Å². The van der Waals surface area contributed by atoms with Gasteiger partial charge in [0, 0.05) is 0 Å². The van der Waals surface area contributed by atoms with Crippen molar-refractivity contribution < 1.29 is 17.5 Å². The lowest BCUT2D eigenvalue weighted by molar-refractivity contribution is 0.381. The normalized spacial score (nSPS) is 11.2. The Morgan fingerprint density at radius 3 is 1.08 bits per heavy atom. The third-order valence-electron chi connectivity index (χ3n) is 4.20. The minimum absolute atomic E-state index is 1.36. The zero-order valence-electron chi connectivity index (χ0n) is 16.5. The van der Waals surface area contributed by atoms with Gasteiger partial charge in [0.15, 0.2) is 0 Å². The molecule has 0 radical (unpaired) electrons. The molecular formula is C19H42O4S2. The minimum atomic E-state index is -4.67. The molecule has 0 saturated heterocycles. The Kier molecular flexibility index (Phi) is 24.4. The van der Waals surface area contributed by atoms with Gasteiger partial charge in [-0.05, 0) is 18.4 Å². The SMILES string of the molecule is CCCCCCCCCCCCCCCCCCSC.O=S(=O)(O)O. The van der Waals surface area contributed by atoms with Gasteiger partial charge in [0.25, 0.3) is 0 Å². The molecule has 0 aliphatic rings. The third-order valence-corrected chi connectivity index (χ3v) is 4.90. The van der Waals surface area contributed by atoms with E-state index in [9.17, 15) is 0 Å². The second kappa shape index (κ2) is 22.3. The smallest absolute Gasteiger partial charge is 0.264 e. The Labute approximate surface area is 161 Å². The van der Waals surface area contributed by atoms with Crippen LogP contribution in [-0.4, -0.2) is 29.5 Å². The summed E-state index contributed by atoms with van der Waals surface area (Å²) in [5.41, 5.74) is 0. The third kappa shape index (κ3) is 40.3. The molecule has 0 aliphatic heterocycles. The summed E-state index contributed by atoms with van der Waals surface area (Å²) in [5.74, 6) is 1.36. The average molecular weight is 399 g/mol. The Hall–Kier alpha value is 0.220.